The van der Waals surface area contributed by atoms with E-state index in [9.17, 15) is 18.3 Å². The second kappa shape index (κ2) is 10.5. The van der Waals surface area contributed by atoms with Gasteiger partial charge in [-0.3, -0.25) is 0 Å². The van der Waals surface area contributed by atoms with Crippen molar-refractivity contribution in [3.63, 3.8) is 0 Å². The molecule has 4 rings (SSSR count). The number of halogens is 1. The third kappa shape index (κ3) is 5.55. The Morgan fingerprint density at radius 2 is 1.85 bits per heavy atom. The van der Waals surface area contributed by atoms with Crippen LogP contribution in [0.15, 0.2) is 60.8 Å². The number of aromatic nitrogens is 2. The van der Waals surface area contributed by atoms with E-state index in [1.807, 2.05) is 6.07 Å². The summed E-state index contributed by atoms with van der Waals surface area (Å²) < 4.78 is 33.7. The molecule has 2 aromatic carbocycles. The summed E-state index contributed by atoms with van der Waals surface area (Å²) in [6.07, 6.45) is 3.32. The zero-order valence-corrected chi connectivity index (χ0v) is 19.9. The average molecular weight is 502 g/mol. The van der Waals surface area contributed by atoms with Crippen molar-refractivity contribution in [1.29, 1.82) is 0 Å². The number of para-hydroxylation sites is 1. The van der Waals surface area contributed by atoms with Crippen LogP contribution in [0.25, 0.3) is 0 Å². The van der Waals surface area contributed by atoms with Gasteiger partial charge < -0.3 is 9.84 Å². The number of benzene rings is 2. The third-order valence-corrected chi connectivity index (χ3v) is 7.78. The Balaban J connectivity index is 1.63. The summed E-state index contributed by atoms with van der Waals surface area (Å²) in [5.41, 5.74) is 0.747. The number of sulfonamides is 1. The van der Waals surface area contributed by atoms with Crippen molar-refractivity contribution in [1.82, 2.24) is 14.3 Å². The van der Waals surface area contributed by atoms with Gasteiger partial charge in [-0.15, -0.1) is 0 Å². The molecule has 0 saturated carbocycles. The predicted octanol–water partition coefficient (Wildman–Crippen LogP) is 4.46. The van der Waals surface area contributed by atoms with Crippen molar-refractivity contribution in [3.05, 3.63) is 88.5 Å². The van der Waals surface area contributed by atoms with Crippen molar-refractivity contribution in [2.45, 2.75) is 37.7 Å². The highest BCUT2D eigenvalue weighted by atomic mass is 35.5. The molecule has 0 bridgehead atoms. The number of carboxylic acid groups (broad SMARTS) is 1. The predicted molar refractivity (Wildman–Crippen MR) is 127 cm³/mol. The van der Waals surface area contributed by atoms with Crippen LogP contribution in [0.3, 0.4) is 0 Å². The number of carbonyl (C=O) groups is 1. The number of carboxylic acids is 1. The second-order valence-corrected chi connectivity index (χ2v) is 10.3. The number of hydrogen-bond acceptors (Lipinski definition) is 6. The molecule has 0 amide bonds. The maximum atomic E-state index is 13.3. The van der Waals surface area contributed by atoms with Crippen LogP contribution in [0, 0.1) is 0 Å². The Morgan fingerprint density at radius 1 is 1.12 bits per heavy atom. The molecule has 34 heavy (non-hydrogen) atoms. The number of ether oxygens (including phenoxy) is 1. The monoisotopic (exact) mass is 501 g/mol. The second-order valence-electron chi connectivity index (χ2n) is 7.98. The molecule has 3 aromatic rings. The van der Waals surface area contributed by atoms with Crippen molar-refractivity contribution >= 4 is 27.6 Å². The lowest BCUT2D eigenvalue weighted by atomic mass is 10.0. The lowest BCUT2D eigenvalue weighted by molar-refractivity contribution is 0.0692. The molecule has 10 heteroatoms. The van der Waals surface area contributed by atoms with Crippen molar-refractivity contribution in [3.8, 4) is 5.75 Å². The van der Waals surface area contributed by atoms with E-state index in [2.05, 4.69) is 9.97 Å². The summed E-state index contributed by atoms with van der Waals surface area (Å²) in [4.78, 5) is 20.5. The molecular weight excluding hydrogens is 478 g/mol. The average Bonchev–Trinajstić information content (AvgIpc) is 2.83. The van der Waals surface area contributed by atoms with Gasteiger partial charge >= 0.3 is 5.97 Å². The molecule has 8 nitrogen and oxygen atoms in total. The number of aromatic carboxylic acids is 1. The Kier molecular flexibility index (Phi) is 7.45. The molecule has 1 N–H and O–H groups in total. The first-order valence-electron chi connectivity index (χ1n) is 10.8. The van der Waals surface area contributed by atoms with E-state index in [0.717, 1.165) is 12.8 Å². The largest absolute Gasteiger partial charge is 0.486 e. The summed E-state index contributed by atoms with van der Waals surface area (Å²) in [5.74, 6) is -0.661. The highest BCUT2D eigenvalue weighted by Crippen LogP contribution is 2.33. The SMILES string of the molecule is O=C(O)c1cnc(C2CCCCN2S(=O)(=O)Cc2ccccc2)nc1COc1ccccc1Cl. The molecule has 1 aliphatic rings. The maximum absolute atomic E-state index is 13.3. The first kappa shape index (κ1) is 24.1. The normalized spacial score (nSPS) is 16.8. The summed E-state index contributed by atoms with van der Waals surface area (Å²) in [6.45, 7) is 0.208. The molecule has 0 radical (unpaired) electrons. The number of hydrogen-bond donors (Lipinski definition) is 1. The highest BCUT2D eigenvalue weighted by Gasteiger charge is 2.35. The van der Waals surface area contributed by atoms with E-state index in [1.54, 1.807) is 48.5 Å². The van der Waals surface area contributed by atoms with Gasteiger partial charge in [0.05, 0.1) is 22.5 Å². The fourth-order valence-corrected chi connectivity index (χ4v) is 5.92. The first-order valence-corrected chi connectivity index (χ1v) is 12.8. The molecule has 1 atom stereocenters. The molecule has 0 aliphatic carbocycles. The summed E-state index contributed by atoms with van der Waals surface area (Å²) >= 11 is 6.13. The highest BCUT2D eigenvalue weighted by molar-refractivity contribution is 7.88. The van der Waals surface area contributed by atoms with Crippen LogP contribution in [0.2, 0.25) is 5.02 Å². The zero-order chi connectivity index (χ0) is 24.1. The van der Waals surface area contributed by atoms with Gasteiger partial charge in [-0.05, 0) is 30.5 Å². The molecule has 1 unspecified atom stereocenters. The van der Waals surface area contributed by atoms with Crippen LogP contribution in [0.1, 0.15) is 52.7 Å². The lowest BCUT2D eigenvalue weighted by Crippen LogP contribution is -2.40. The van der Waals surface area contributed by atoms with Crippen LogP contribution >= 0.6 is 11.6 Å². The molecule has 1 fully saturated rings. The first-order chi connectivity index (χ1) is 16.3. The van der Waals surface area contributed by atoms with E-state index in [1.165, 1.54) is 10.5 Å². The van der Waals surface area contributed by atoms with Gasteiger partial charge in [-0.2, -0.15) is 4.31 Å². The summed E-state index contributed by atoms with van der Waals surface area (Å²) in [6, 6.07) is 15.3. The van der Waals surface area contributed by atoms with Crippen molar-refractivity contribution in [2.24, 2.45) is 0 Å². The van der Waals surface area contributed by atoms with Crippen LogP contribution < -0.4 is 4.74 Å². The lowest BCUT2D eigenvalue weighted by Gasteiger charge is -2.34. The van der Waals surface area contributed by atoms with Crippen LogP contribution in [0.4, 0.5) is 0 Å². The van der Waals surface area contributed by atoms with Crippen LogP contribution in [-0.2, 0) is 22.4 Å². The van der Waals surface area contributed by atoms with E-state index in [0.29, 0.717) is 29.3 Å². The molecule has 178 valence electrons. The van der Waals surface area contributed by atoms with Gasteiger partial charge in [-0.25, -0.2) is 23.2 Å². The summed E-state index contributed by atoms with van der Waals surface area (Å²) in [5, 5.41) is 9.98. The van der Waals surface area contributed by atoms with Gasteiger partial charge in [0.2, 0.25) is 10.0 Å². The Hall–Kier alpha value is -3.01. The zero-order valence-electron chi connectivity index (χ0n) is 18.3. The van der Waals surface area contributed by atoms with Crippen LogP contribution in [0.5, 0.6) is 5.75 Å². The van der Waals surface area contributed by atoms with Gasteiger partial charge in [-0.1, -0.05) is 60.5 Å². The van der Waals surface area contributed by atoms with E-state index >= 15 is 0 Å². The smallest absolute Gasteiger partial charge is 0.339 e. The van der Waals surface area contributed by atoms with Crippen LogP contribution in [-0.4, -0.2) is 40.3 Å². The Morgan fingerprint density at radius 3 is 2.59 bits per heavy atom. The molecule has 2 heterocycles. The van der Waals surface area contributed by atoms with E-state index in [-0.39, 0.29) is 29.4 Å². The van der Waals surface area contributed by atoms with Gasteiger partial charge in [0.1, 0.15) is 23.7 Å². The molecule has 0 spiro atoms. The van der Waals surface area contributed by atoms with Crippen molar-refractivity contribution < 1.29 is 23.1 Å². The number of piperidine rings is 1. The fourth-order valence-electron chi connectivity index (χ4n) is 3.95. The quantitative estimate of drug-likeness (QED) is 0.485. The molecule has 1 aliphatic heterocycles. The van der Waals surface area contributed by atoms with Gasteiger partial charge in [0.15, 0.2) is 0 Å². The standard InChI is InChI=1S/C24H24ClN3O5S/c25-19-10-4-5-12-22(19)33-15-20-18(24(29)30)14-26-23(27-20)21-11-6-7-13-28(21)34(31,32)16-17-8-2-1-3-9-17/h1-5,8-10,12,14,21H,6-7,11,13,15-16H2,(H,29,30). The van der Waals surface area contributed by atoms with Gasteiger partial charge in [0.25, 0.3) is 0 Å². The van der Waals surface area contributed by atoms with E-state index < -0.39 is 22.0 Å². The molecular formula is C24H24ClN3O5S. The number of nitrogens with zero attached hydrogens (tertiary/aromatic N) is 3. The minimum atomic E-state index is -3.65. The number of rotatable bonds is 8. The van der Waals surface area contributed by atoms with Gasteiger partial charge in [0, 0.05) is 12.7 Å². The third-order valence-electron chi connectivity index (χ3n) is 5.62. The summed E-state index contributed by atoms with van der Waals surface area (Å²) in [7, 11) is -3.65. The Labute approximate surface area is 203 Å². The topological polar surface area (TPSA) is 110 Å². The van der Waals surface area contributed by atoms with Crippen molar-refractivity contribution in [2.75, 3.05) is 6.54 Å². The van der Waals surface area contributed by atoms with E-state index in [4.69, 9.17) is 16.3 Å². The molecule has 1 aromatic heterocycles. The molecule has 1 saturated heterocycles. The minimum absolute atomic E-state index is 0.106. The maximum Gasteiger partial charge on any atom is 0.339 e. The Bertz CT molecular complexity index is 1270. The minimum Gasteiger partial charge on any atom is -0.486 e. The fraction of sp³-hybridized carbons (Fsp3) is 0.292.